The Bertz CT molecular complexity index is 391. The number of hydrogen-bond donors (Lipinski definition) is 1. The van der Waals surface area contributed by atoms with E-state index in [0.29, 0.717) is 0 Å². The summed E-state index contributed by atoms with van der Waals surface area (Å²) in [6, 6.07) is 1.80. The normalized spacial score (nSPS) is 12.5. The second-order valence-corrected chi connectivity index (χ2v) is 5.05. The molecule has 0 aliphatic carbocycles. The highest BCUT2D eigenvalue weighted by atomic mass is 79.9. The molecule has 12 heavy (non-hydrogen) atoms. The van der Waals surface area contributed by atoms with Crippen molar-refractivity contribution in [3.63, 3.8) is 0 Å². The third kappa shape index (κ3) is 3.06. The first-order chi connectivity index (χ1) is 5.49. The molecule has 0 unspecified atom stereocenters. The zero-order valence-corrected chi connectivity index (χ0v) is 8.99. The van der Waals surface area contributed by atoms with Gasteiger partial charge in [-0.1, -0.05) is 0 Å². The molecule has 1 aromatic heterocycles. The number of hydrogen-bond acceptors (Lipinski definition) is 3. The summed E-state index contributed by atoms with van der Waals surface area (Å²) in [5, 5.41) is 2.57. The average molecular weight is 269 g/mol. The Morgan fingerprint density at radius 2 is 2.25 bits per heavy atom. The molecule has 0 saturated heterocycles. The molecular weight excluding hydrogens is 264 g/mol. The maximum Gasteiger partial charge on any atom is 0.287 e. The van der Waals surface area contributed by atoms with Gasteiger partial charge in [0.2, 0.25) is 0 Å². The molecule has 66 valence electrons. The van der Waals surface area contributed by atoms with Gasteiger partial charge in [-0.3, -0.25) is 4.55 Å². The van der Waals surface area contributed by atoms with Gasteiger partial charge in [0.25, 0.3) is 10.1 Å². The van der Waals surface area contributed by atoms with Gasteiger partial charge in [-0.05, 0) is 33.5 Å². The van der Waals surface area contributed by atoms with Crippen LogP contribution in [0.5, 0.6) is 0 Å². The maximum atomic E-state index is 10.3. The molecule has 1 rings (SSSR count). The summed E-state index contributed by atoms with van der Waals surface area (Å²) in [5.41, 5.74) is 0. The Morgan fingerprint density at radius 3 is 2.67 bits per heavy atom. The smallest absolute Gasteiger partial charge is 0.282 e. The predicted octanol–water partition coefficient (Wildman–Crippen LogP) is 2.37. The van der Waals surface area contributed by atoms with Crippen LogP contribution < -0.4 is 0 Å². The van der Waals surface area contributed by atoms with E-state index >= 15 is 0 Å². The van der Waals surface area contributed by atoms with Crippen molar-refractivity contribution in [3.8, 4) is 0 Å². The molecule has 0 fully saturated rings. The summed E-state index contributed by atoms with van der Waals surface area (Å²) in [7, 11) is -4.01. The molecule has 0 bridgehead atoms. The molecule has 0 aliphatic heterocycles. The van der Waals surface area contributed by atoms with E-state index in [1.807, 2.05) is 5.38 Å². The van der Waals surface area contributed by atoms with Crippen LogP contribution in [0.2, 0.25) is 0 Å². The Labute approximate surface area is 82.6 Å². The fourth-order valence-corrected chi connectivity index (χ4v) is 2.36. The zero-order chi connectivity index (χ0) is 9.19. The molecule has 0 aliphatic rings. The van der Waals surface area contributed by atoms with Crippen molar-refractivity contribution in [1.82, 2.24) is 0 Å². The highest BCUT2D eigenvalue weighted by Gasteiger charge is 1.99. The summed E-state index contributed by atoms with van der Waals surface area (Å²) in [6.45, 7) is 0. The van der Waals surface area contributed by atoms with E-state index in [0.717, 1.165) is 14.8 Å². The maximum absolute atomic E-state index is 10.3. The standard InChI is InChI=1S/C6H5BrO3S2/c7-5-1-3-11-6(5)2-4-12(8,9)10/h1-4H,(H,8,9,10). The molecule has 0 aromatic carbocycles. The molecule has 0 atom stereocenters. The van der Waals surface area contributed by atoms with Crippen LogP contribution in [0.15, 0.2) is 21.3 Å². The van der Waals surface area contributed by atoms with Crippen molar-refractivity contribution in [2.75, 3.05) is 0 Å². The van der Waals surface area contributed by atoms with Crippen molar-refractivity contribution in [2.45, 2.75) is 0 Å². The molecule has 1 N–H and O–H groups in total. The lowest BCUT2D eigenvalue weighted by Crippen LogP contribution is -1.88. The van der Waals surface area contributed by atoms with Crippen molar-refractivity contribution < 1.29 is 13.0 Å². The highest BCUT2D eigenvalue weighted by molar-refractivity contribution is 9.10. The van der Waals surface area contributed by atoms with E-state index in [1.165, 1.54) is 17.4 Å². The molecule has 0 amide bonds. The van der Waals surface area contributed by atoms with E-state index in [9.17, 15) is 8.42 Å². The minimum atomic E-state index is -4.01. The Morgan fingerprint density at radius 1 is 1.58 bits per heavy atom. The minimum absolute atomic E-state index is 0.754. The summed E-state index contributed by atoms with van der Waals surface area (Å²) in [6.07, 6.45) is 1.34. The monoisotopic (exact) mass is 268 g/mol. The van der Waals surface area contributed by atoms with Crippen LogP contribution in [0.4, 0.5) is 0 Å². The summed E-state index contributed by atoms with van der Waals surface area (Å²) in [5.74, 6) is 0. The van der Waals surface area contributed by atoms with E-state index < -0.39 is 10.1 Å². The van der Waals surface area contributed by atoms with E-state index in [4.69, 9.17) is 4.55 Å². The number of rotatable bonds is 2. The lowest BCUT2D eigenvalue weighted by Gasteiger charge is -1.86. The molecule has 1 aromatic rings. The molecular formula is C6H5BrO3S2. The third-order valence-corrected chi connectivity index (χ3v) is 3.35. The Balaban J connectivity index is 2.91. The third-order valence-electron chi connectivity index (χ3n) is 1.04. The zero-order valence-electron chi connectivity index (χ0n) is 5.77. The van der Waals surface area contributed by atoms with Gasteiger partial charge in [0.15, 0.2) is 0 Å². The largest absolute Gasteiger partial charge is 0.287 e. The van der Waals surface area contributed by atoms with Crippen LogP contribution in [0, 0.1) is 0 Å². The van der Waals surface area contributed by atoms with Gasteiger partial charge in [-0.25, -0.2) is 0 Å². The highest BCUT2D eigenvalue weighted by Crippen LogP contribution is 2.23. The van der Waals surface area contributed by atoms with Crippen LogP contribution >= 0.6 is 27.3 Å². The molecule has 0 spiro atoms. The lowest BCUT2D eigenvalue weighted by molar-refractivity contribution is 0.494. The second-order valence-electron chi connectivity index (χ2n) is 1.95. The van der Waals surface area contributed by atoms with Gasteiger partial charge in [0, 0.05) is 9.35 Å². The van der Waals surface area contributed by atoms with E-state index in [-0.39, 0.29) is 0 Å². The number of halogens is 1. The summed E-state index contributed by atoms with van der Waals surface area (Å²) >= 11 is 4.60. The van der Waals surface area contributed by atoms with Gasteiger partial charge in [-0.2, -0.15) is 8.42 Å². The lowest BCUT2D eigenvalue weighted by atomic mass is 10.5. The van der Waals surface area contributed by atoms with Crippen LogP contribution in [0.3, 0.4) is 0 Å². The molecule has 3 nitrogen and oxygen atoms in total. The molecule has 0 radical (unpaired) electrons. The first-order valence-electron chi connectivity index (χ1n) is 2.87. The predicted molar refractivity (Wildman–Crippen MR) is 52.6 cm³/mol. The van der Waals surface area contributed by atoms with Gasteiger partial charge in [0.05, 0.1) is 5.41 Å². The second kappa shape index (κ2) is 3.69. The number of thiophene rings is 1. The van der Waals surface area contributed by atoms with Crippen LogP contribution in [-0.2, 0) is 10.1 Å². The SMILES string of the molecule is O=S(=O)(O)C=Cc1sccc1Br. The first kappa shape index (κ1) is 9.91. The average Bonchev–Trinajstić information content (AvgIpc) is 2.29. The fourth-order valence-electron chi connectivity index (χ4n) is 0.572. The topological polar surface area (TPSA) is 54.4 Å². The quantitative estimate of drug-likeness (QED) is 0.838. The van der Waals surface area contributed by atoms with Crippen molar-refractivity contribution in [1.29, 1.82) is 0 Å². The van der Waals surface area contributed by atoms with Crippen molar-refractivity contribution in [3.05, 3.63) is 26.2 Å². The van der Waals surface area contributed by atoms with Crippen molar-refractivity contribution >= 4 is 43.5 Å². The van der Waals surface area contributed by atoms with Crippen molar-refractivity contribution in [2.24, 2.45) is 0 Å². The minimum Gasteiger partial charge on any atom is -0.282 e. The first-order valence-corrected chi connectivity index (χ1v) is 6.05. The summed E-state index contributed by atoms with van der Waals surface area (Å²) in [4.78, 5) is 0.757. The Kier molecular flexibility index (Phi) is 3.05. The van der Waals surface area contributed by atoms with Gasteiger partial charge in [-0.15, -0.1) is 11.3 Å². The van der Waals surface area contributed by atoms with E-state index in [2.05, 4.69) is 15.9 Å². The Hall–Kier alpha value is -0.170. The van der Waals surface area contributed by atoms with Crippen LogP contribution in [-0.4, -0.2) is 13.0 Å². The fraction of sp³-hybridized carbons (Fsp3) is 0. The van der Waals surface area contributed by atoms with Gasteiger partial charge < -0.3 is 0 Å². The molecule has 1 heterocycles. The van der Waals surface area contributed by atoms with E-state index in [1.54, 1.807) is 6.07 Å². The molecule has 6 heteroatoms. The summed E-state index contributed by atoms with van der Waals surface area (Å²) < 4.78 is 29.8. The van der Waals surface area contributed by atoms with Crippen LogP contribution in [0.1, 0.15) is 4.88 Å². The van der Waals surface area contributed by atoms with Gasteiger partial charge in [0.1, 0.15) is 0 Å². The molecule has 0 saturated carbocycles. The van der Waals surface area contributed by atoms with Crippen LogP contribution in [0.25, 0.3) is 6.08 Å². The van der Waals surface area contributed by atoms with Gasteiger partial charge >= 0.3 is 0 Å².